The summed E-state index contributed by atoms with van der Waals surface area (Å²) in [5, 5.41) is 0. The van der Waals surface area contributed by atoms with Crippen molar-refractivity contribution in [3.05, 3.63) is 35.6 Å². The van der Waals surface area contributed by atoms with Crippen molar-refractivity contribution in [3.63, 3.8) is 0 Å². The first-order valence-corrected chi connectivity index (χ1v) is 7.41. The van der Waals surface area contributed by atoms with Crippen molar-refractivity contribution in [2.24, 2.45) is 5.73 Å². The number of halogens is 1. The van der Waals surface area contributed by atoms with Gasteiger partial charge in [0.05, 0.1) is 0 Å². The smallest absolute Gasteiger partial charge is 0.123 e. The van der Waals surface area contributed by atoms with Crippen molar-refractivity contribution in [2.45, 2.75) is 51.1 Å². The number of likely N-dealkylation sites (tertiary alicyclic amines) is 1. The van der Waals surface area contributed by atoms with Gasteiger partial charge in [0.2, 0.25) is 0 Å². The summed E-state index contributed by atoms with van der Waals surface area (Å²) in [6.07, 6.45) is 5.83. The highest BCUT2D eigenvalue weighted by Crippen LogP contribution is 2.23. The summed E-state index contributed by atoms with van der Waals surface area (Å²) in [6.45, 7) is 4.16. The van der Waals surface area contributed by atoms with E-state index in [4.69, 9.17) is 5.73 Å². The standard InChI is InChI=1S/C16H25FN2/c1-13(11-14-5-4-6-15(17)12-14)19-10-3-2-7-16(19)8-9-18/h4-6,12-13,16H,2-3,7-11,18H2,1H3. The van der Waals surface area contributed by atoms with Gasteiger partial charge < -0.3 is 5.73 Å². The van der Waals surface area contributed by atoms with Crippen molar-refractivity contribution in [1.29, 1.82) is 0 Å². The summed E-state index contributed by atoms with van der Waals surface area (Å²) in [5.74, 6) is -0.137. The van der Waals surface area contributed by atoms with Gasteiger partial charge in [0, 0.05) is 12.1 Å². The Morgan fingerprint density at radius 1 is 1.42 bits per heavy atom. The number of hydrogen-bond donors (Lipinski definition) is 1. The van der Waals surface area contributed by atoms with Crippen LogP contribution in [0.25, 0.3) is 0 Å². The Morgan fingerprint density at radius 2 is 2.26 bits per heavy atom. The molecule has 0 radical (unpaired) electrons. The second-order valence-electron chi connectivity index (χ2n) is 5.65. The number of nitrogens with two attached hydrogens (primary N) is 1. The van der Waals surface area contributed by atoms with Crippen LogP contribution >= 0.6 is 0 Å². The van der Waals surface area contributed by atoms with E-state index in [1.807, 2.05) is 6.07 Å². The fraction of sp³-hybridized carbons (Fsp3) is 0.625. The zero-order valence-corrected chi connectivity index (χ0v) is 11.8. The maximum Gasteiger partial charge on any atom is 0.123 e. The minimum Gasteiger partial charge on any atom is -0.330 e. The van der Waals surface area contributed by atoms with E-state index in [0.717, 1.165) is 31.5 Å². The van der Waals surface area contributed by atoms with Crippen molar-refractivity contribution < 1.29 is 4.39 Å². The molecule has 0 saturated carbocycles. The normalized spacial score (nSPS) is 22.4. The van der Waals surface area contributed by atoms with Crippen molar-refractivity contribution in [2.75, 3.05) is 13.1 Å². The molecule has 1 aliphatic rings. The fourth-order valence-electron chi connectivity index (χ4n) is 3.23. The minimum atomic E-state index is -0.137. The summed E-state index contributed by atoms with van der Waals surface area (Å²) in [6, 6.07) is 8.04. The summed E-state index contributed by atoms with van der Waals surface area (Å²) in [7, 11) is 0. The average Bonchev–Trinajstić information content (AvgIpc) is 2.39. The maximum absolute atomic E-state index is 13.2. The molecule has 1 aliphatic heterocycles. The van der Waals surface area contributed by atoms with Gasteiger partial charge >= 0.3 is 0 Å². The van der Waals surface area contributed by atoms with Gasteiger partial charge in [-0.3, -0.25) is 4.90 Å². The lowest BCUT2D eigenvalue weighted by atomic mass is 9.95. The first-order valence-electron chi connectivity index (χ1n) is 7.41. The Bertz CT molecular complexity index is 392. The predicted molar refractivity (Wildman–Crippen MR) is 77.6 cm³/mol. The largest absolute Gasteiger partial charge is 0.330 e. The molecule has 1 saturated heterocycles. The van der Waals surface area contributed by atoms with Crippen LogP contribution in [-0.4, -0.2) is 30.1 Å². The van der Waals surface area contributed by atoms with E-state index in [0.29, 0.717) is 12.1 Å². The van der Waals surface area contributed by atoms with Crippen LogP contribution in [0.1, 0.15) is 38.2 Å². The van der Waals surface area contributed by atoms with Gasteiger partial charge in [0.25, 0.3) is 0 Å². The van der Waals surface area contributed by atoms with E-state index in [2.05, 4.69) is 11.8 Å². The van der Waals surface area contributed by atoms with Crippen LogP contribution in [0.4, 0.5) is 4.39 Å². The van der Waals surface area contributed by atoms with E-state index < -0.39 is 0 Å². The molecule has 1 aromatic carbocycles. The Labute approximate surface area is 115 Å². The van der Waals surface area contributed by atoms with Crippen LogP contribution in [0.15, 0.2) is 24.3 Å². The predicted octanol–water partition coefficient (Wildman–Crippen LogP) is 2.96. The highest BCUT2D eigenvalue weighted by Gasteiger charge is 2.25. The van der Waals surface area contributed by atoms with E-state index in [9.17, 15) is 4.39 Å². The van der Waals surface area contributed by atoms with Crippen LogP contribution < -0.4 is 5.73 Å². The molecule has 0 spiro atoms. The second kappa shape index (κ2) is 7.01. The molecule has 2 N–H and O–H groups in total. The number of benzene rings is 1. The van der Waals surface area contributed by atoms with Gasteiger partial charge in [-0.05, 0) is 63.4 Å². The van der Waals surface area contributed by atoms with E-state index >= 15 is 0 Å². The quantitative estimate of drug-likeness (QED) is 0.886. The molecular formula is C16H25FN2. The highest BCUT2D eigenvalue weighted by atomic mass is 19.1. The average molecular weight is 264 g/mol. The molecule has 2 atom stereocenters. The minimum absolute atomic E-state index is 0.137. The molecule has 106 valence electrons. The lowest BCUT2D eigenvalue weighted by molar-refractivity contribution is 0.0983. The third-order valence-electron chi connectivity index (χ3n) is 4.16. The van der Waals surface area contributed by atoms with Crippen LogP contribution in [0.5, 0.6) is 0 Å². The van der Waals surface area contributed by atoms with Crippen LogP contribution in [0.2, 0.25) is 0 Å². The SMILES string of the molecule is CC(Cc1cccc(F)c1)N1CCCCC1CCN. The van der Waals surface area contributed by atoms with Crippen LogP contribution in [0, 0.1) is 5.82 Å². The maximum atomic E-state index is 13.2. The first-order chi connectivity index (χ1) is 9.20. The van der Waals surface area contributed by atoms with Crippen molar-refractivity contribution in [3.8, 4) is 0 Å². The Balaban J connectivity index is 1.99. The summed E-state index contributed by atoms with van der Waals surface area (Å²) in [4.78, 5) is 2.57. The van der Waals surface area contributed by atoms with Gasteiger partial charge in [-0.15, -0.1) is 0 Å². The van der Waals surface area contributed by atoms with E-state index in [1.54, 1.807) is 12.1 Å². The number of nitrogens with zero attached hydrogens (tertiary/aromatic N) is 1. The van der Waals surface area contributed by atoms with Gasteiger partial charge in [-0.1, -0.05) is 18.6 Å². The molecule has 2 unspecified atom stereocenters. The molecule has 0 amide bonds. The van der Waals surface area contributed by atoms with Gasteiger partial charge in [-0.2, -0.15) is 0 Å². The van der Waals surface area contributed by atoms with Gasteiger partial charge in [0.1, 0.15) is 5.82 Å². The molecule has 2 nitrogen and oxygen atoms in total. The third kappa shape index (κ3) is 4.02. The topological polar surface area (TPSA) is 29.3 Å². The Kier molecular flexibility index (Phi) is 5.34. The number of hydrogen-bond acceptors (Lipinski definition) is 2. The fourth-order valence-corrected chi connectivity index (χ4v) is 3.23. The molecular weight excluding hydrogens is 239 g/mol. The van der Waals surface area contributed by atoms with Crippen LogP contribution in [-0.2, 0) is 6.42 Å². The van der Waals surface area contributed by atoms with Gasteiger partial charge in [0.15, 0.2) is 0 Å². The lowest BCUT2D eigenvalue weighted by Crippen LogP contribution is -2.46. The van der Waals surface area contributed by atoms with Gasteiger partial charge in [-0.25, -0.2) is 4.39 Å². The Hall–Kier alpha value is -0.930. The third-order valence-corrected chi connectivity index (χ3v) is 4.16. The zero-order chi connectivity index (χ0) is 13.7. The monoisotopic (exact) mass is 264 g/mol. The molecule has 0 aromatic heterocycles. The zero-order valence-electron chi connectivity index (χ0n) is 11.8. The molecule has 0 aliphatic carbocycles. The molecule has 19 heavy (non-hydrogen) atoms. The van der Waals surface area contributed by atoms with Crippen molar-refractivity contribution in [1.82, 2.24) is 4.90 Å². The molecule has 1 fully saturated rings. The number of piperidine rings is 1. The molecule has 0 bridgehead atoms. The Morgan fingerprint density at radius 3 is 3.00 bits per heavy atom. The molecule has 1 heterocycles. The second-order valence-corrected chi connectivity index (χ2v) is 5.65. The first kappa shape index (κ1) is 14.5. The van der Waals surface area contributed by atoms with E-state index in [-0.39, 0.29) is 5.82 Å². The lowest BCUT2D eigenvalue weighted by Gasteiger charge is -2.40. The molecule has 1 aromatic rings. The number of rotatable bonds is 5. The van der Waals surface area contributed by atoms with E-state index in [1.165, 1.54) is 25.3 Å². The van der Waals surface area contributed by atoms with Crippen molar-refractivity contribution >= 4 is 0 Å². The summed E-state index contributed by atoms with van der Waals surface area (Å²) in [5.41, 5.74) is 6.81. The summed E-state index contributed by atoms with van der Waals surface area (Å²) >= 11 is 0. The molecule has 2 rings (SSSR count). The van der Waals surface area contributed by atoms with Crippen LogP contribution in [0.3, 0.4) is 0 Å². The summed E-state index contributed by atoms with van der Waals surface area (Å²) < 4.78 is 13.2. The molecule has 3 heteroatoms. The highest BCUT2D eigenvalue weighted by molar-refractivity contribution is 5.17.